The Bertz CT molecular complexity index is 560. The number of hydrogen-bond acceptors (Lipinski definition) is 6. The van der Waals surface area contributed by atoms with Crippen LogP contribution in [0.25, 0.3) is 0 Å². The Morgan fingerprint density at radius 2 is 1.76 bits per heavy atom. The van der Waals surface area contributed by atoms with Crippen LogP contribution in [0.4, 0.5) is 5.69 Å². The van der Waals surface area contributed by atoms with Crippen LogP contribution in [0, 0.1) is 5.92 Å². The molecule has 7 heteroatoms. The van der Waals surface area contributed by atoms with Gasteiger partial charge in [-0.3, -0.25) is 0 Å². The monoisotopic (exact) mass is 416 g/mol. The molecule has 1 rings (SSSR count). The van der Waals surface area contributed by atoms with Crippen molar-refractivity contribution in [3.63, 3.8) is 0 Å². The first-order valence-corrected chi connectivity index (χ1v) is 8.35. The van der Waals surface area contributed by atoms with Gasteiger partial charge >= 0.3 is 11.9 Å². The summed E-state index contributed by atoms with van der Waals surface area (Å²) in [6.07, 6.45) is 0. The molecule has 0 aliphatic rings. The van der Waals surface area contributed by atoms with Gasteiger partial charge in [0.2, 0.25) is 0 Å². The second-order valence-electron chi connectivity index (χ2n) is 5.92. The number of nitrogens with two attached hydrogens (primary N) is 1. The van der Waals surface area contributed by atoms with Crippen LogP contribution in [0.3, 0.4) is 0 Å². The number of carbonyl (C=O) groups excluding carboxylic acids is 2. The molecule has 0 amide bonds. The van der Waals surface area contributed by atoms with Crippen molar-refractivity contribution in [1.29, 1.82) is 0 Å². The highest BCUT2D eigenvalue weighted by Gasteiger charge is 2.22. The molecule has 0 heterocycles. The number of ether oxygens (including phenoxy) is 2. The lowest BCUT2D eigenvalue weighted by atomic mass is 10.1. The summed E-state index contributed by atoms with van der Waals surface area (Å²) in [7, 11) is 0. The normalized spacial score (nSPS) is 10.5. The summed E-state index contributed by atoms with van der Waals surface area (Å²) in [5.74, 6) is -0.966. The Morgan fingerprint density at radius 1 is 1.12 bits per heavy atom. The van der Waals surface area contributed by atoms with Crippen LogP contribution in [0.1, 0.15) is 48.4 Å². The van der Waals surface area contributed by atoms with Crippen LogP contribution in [0.15, 0.2) is 18.2 Å². The summed E-state index contributed by atoms with van der Waals surface area (Å²) < 4.78 is 10.5. The smallest absolute Gasteiger partial charge is 0.341 e. The number of rotatable bonds is 9. The second-order valence-corrected chi connectivity index (χ2v) is 5.92. The van der Waals surface area contributed by atoms with Crippen LogP contribution >= 0.6 is 17.0 Å². The van der Waals surface area contributed by atoms with Crippen molar-refractivity contribution in [3.05, 3.63) is 29.3 Å². The number of esters is 2. The van der Waals surface area contributed by atoms with Gasteiger partial charge in [0.15, 0.2) is 0 Å². The molecule has 0 saturated carbocycles. The van der Waals surface area contributed by atoms with E-state index in [4.69, 9.17) is 15.2 Å². The molecule has 0 bridgehead atoms. The average Bonchev–Trinajstić information content (AvgIpc) is 2.56. The van der Waals surface area contributed by atoms with Gasteiger partial charge in [-0.2, -0.15) is 0 Å². The molecule has 2 N–H and O–H groups in total. The zero-order valence-electron chi connectivity index (χ0n) is 15.4. The van der Waals surface area contributed by atoms with Crippen LogP contribution < -0.4 is 5.73 Å². The topological polar surface area (TPSA) is 81.9 Å². The minimum absolute atomic E-state index is 0. The maximum absolute atomic E-state index is 12.3. The Kier molecular flexibility index (Phi) is 11.1. The minimum Gasteiger partial charge on any atom is -0.462 e. The predicted molar refractivity (Wildman–Crippen MR) is 104 cm³/mol. The first kappa shape index (κ1) is 23.4. The quantitative estimate of drug-likeness (QED) is 0.491. The number of anilines is 1. The highest BCUT2D eigenvalue weighted by Crippen LogP contribution is 2.20. The summed E-state index contributed by atoms with van der Waals surface area (Å²) in [5.41, 5.74) is 6.30. The van der Waals surface area contributed by atoms with Gasteiger partial charge in [-0.25, -0.2) is 9.59 Å². The first-order chi connectivity index (χ1) is 11.4. The predicted octanol–water partition coefficient (Wildman–Crippen LogP) is 3.16. The maximum atomic E-state index is 12.3. The third kappa shape index (κ3) is 7.44. The summed E-state index contributed by atoms with van der Waals surface area (Å²) in [6, 6.07) is 4.72. The molecule has 0 fully saturated rings. The van der Waals surface area contributed by atoms with Gasteiger partial charge in [0.1, 0.15) is 6.61 Å². The third-order valence-corrected chi connectivity index (χ3v) is 3.60. The Balaban J connectivity index is 0.00000576. The Morgan fingerprint density at radius 3 is 2.32 bits per heavy atom. The fourth-order valence-corrected chi connectivity index (χ4v) is 2.17. The first-order valence-electron chi connectivity index (χ1n) is 8.35. The summed E-state index contributed by atoms with van der Waals surface area (Å²) in [5, 5.41) is 0. The van der Waals surface area contributed by atoms with E-state index < -0.39 is 11.9 Å². The molecular weight excluding hydrogens is 388 g/mol. The van der Waals surface area contributed by atoms with E-state index in [0.717, 1.165) is 13.1 Å². The van der Waals surface area contributed by atoms with Crippen molar-refractivity contribution < 1.29 is 19.1 Å². The van der Waals surface area contributed by atoms with E-state index >= 15 is 0 Å². The summed E-state index contributed by atoms with van der Waals surface area (Å²) in [4.78, 5) is 26.7. The van der Waals surface area contributed by atoms with Crippen molar-refractivity contribution in [3.8, 4) is 0 Å². The molecule has 0 spiro atoms. The lowest BCUT2D eigenvalue weighted by Gasteiger charge is -2.18. The number of carbonyl (C=O) groups is 2. The van der Waals surface area contributed by atoms with E-state index in [1.807, 2.05) is 27.7 Å². The van der Waals surface area contributed by atoms with Gasteiger partial charge < -0.3 is 20.1 Å². The molecule has 25 heavy (non-hydrogen) atoms. The van der Waals surface area contributed by atoms with Gasteiger partial charge in [0.25, 0.3) is 0 Å². The lowest BCUT2D eigenvalue weighted by molar-refractivity contribution is 0.0417. The standard InChI is InChI=1S/C18H28N2O4.BrH/c1-5-20(6-2)10-11-23-17(21)14-8-7-9-15(19)16(14)18(22)24-12-13(3)4;/h7-9,13H,5-6,10-12,19H2,1-4H3;1H. The van der Waals surface area contributed by atoms with Crippen molar-refractivity contribution in [2.45, 2.75) is 27.7 Å². The lowest BCUT2D eigenvalue weighted by Crippen LogP contribution is -2.28. The molecule has 0 aromatic heterocycles. The molecular formula is C18H29BrN2O4. The van der Waals surface area contributed by atoms with Crippen molar-refractivity contribution in [2.24, 2.45) is 5.92 Å². The molecule has 1 aromatic carbocycles. The number of nitrogen functional groups attached to an aromatic ring is 1. The van der Waals surface area contributed by atoms with Crippen LogP contribution in [0.2, 0.25) is 0 Å². The van der Waals surface area contributed by atoms with Gasteiger partial charge in [0.05, 0.1) is 17.7 Å². The minimum atomic E-state index is -0.600. The molecule has 142 valence electrons. The molecule has 0 radical (unpaired) electrons. The van der Waals surface area contributed by atoms with E-state index in [0.29, 0.717) is 6.54 Å². The van der Waals surface area contributed by atoms with E-state index in [1.54, 1.807) is 12.1 Å². The van der Waals surface area contributed by atoms with Gasteiger partial charge in [-0.1, -0.05) is 33.8 Å². The molecule has 0 aliphatic carbocycles. The Hall–Kier alpha value is -1.60. The van der Waals surface area contributed by atoms with E-state index in [2.05, 4.69) is 4.90 Å². The van der Waals surface area contributed by atoms with E-state index in [1.165, 1.54) is 6.07 Å². The van der Waals surface area contributed by atoms with Crippen LogP contribution in [-0.2, 0) is 9.47 Å². The molecule has 0 aliphatic heterocycles. The number of nitrogens with zero attached hydrogens (tertiary/aromatic N) is 1. The zero-order valence-corrected chi connectivity index (χ0v) is 17.1. The highest BCUT2D eigenvalue weighted by atomic mass is 79.9. The molecule has 1 aromatic rings. The fraction of sp³-hybridized carbons (Fsp3) is 0.556. The molecule has 6 nitrogen and oxygen atoms in total. The third-order valence-electron chi connectivity index (χ3n) is 3.60. The van der Waals surface area contributed by atoms with E-state index in [9.17, 15) is 9.59 Å². The number of hydrogen-bond donors (Lipinski definition) is 1. The fourth-order valence-electron chi connectivity index (χ4n) is 2.17. The largest absolute Gasteiger partial charge is 0.462 e. The van der Waals surface area contributed by atoms with Gasteiger partial charge in [-0.15, -0.1) is 17.0 Å². The summed E-state index contributed by atoms with van der Waals surface area (Å²) >= 11 is 0. The van der Waals surface area contributed by atoms with Crippen molar-refractivity contribution in [2.75, 3.05) is 38.6 Å². The van der Waals surface area contributed by atoms with Crippen LogP contribution in [-0.4, -0.2) is 49.7 Å². The molecule has 0 saturated heterocycles. The van der Waals surface area contributed by atoms with Gasteiger partial charge in [0, 0.05) is 12.2 Å². The molecule has 0 atom stereocenters. The maximum Gasteiger partial charge on any atom is 0.341 e. The van der Waals surface area contributed by atoms with Crippen molar-refractivity contribution >= 4 is 34.6 Å². The second kappa shape index (κ2) is 11.9. The number of likely N-dealkylation sites (N-methyl/N-ethyl adjacent to an activating group) is 1. The van der Waals surface area contributed by atoms with Gasteiger partial charge in [-0.05, 0) is 31.1 Å². The van der Waals surface area contributed by atoms with Crippen molar-refractivity contribution in [1.82, 2.24) is 4.90 Å². The molecule has 0 unspecified atom stereocenters. The average molecular weight is 417 g/mol. The Labute approximate surface area is 160 Å². The number of halogens is 1. The number of benzene rings is 1. The highest BCUT2D eigenvalue weighted by molar-refractivity contribution is 8.93. The SMILES string of the molecule is Br.CCN(CC)CCOC(=O)c1cccc(N)c1C(=O)OCC(C)C. The van der Waals surface area contributed by atoms with Crippen LogP contribution in [0.5, 0.6) is 0 Å². The summed E-state index contributed by atoms with van der Waals surface area (Å²) in [6.45, 7) is 10.9. The van der Waals surface area contributed by atoms with E-state index in [-0.39, 0.29) is 52.9 Å². The zero-order chi connectivity index (χ0) is 18.1.